The molecule has 0 aliphatic carbocycles. The molecule has 5 heteroatoms. The third-order valence-electron chi connectivity index (χ3n) is 1.83. The highest BCUT2D eigenvalue weighted by molar-refractivity contribution is 5.64. The van der Waals surface area contributed by atoms with Gasteiger partial charge in [-0.1, -0.05) is 20.8 Å². The molecule has 1 amide bonds. The molecule has 78 valence electrons. The third-order valence-corrected chi connectivity index (χ3v) is 1.83. The molecule has 0 atom stereocenters. The van der Waals surface area contributed by atoms with E-state index in [1.807, 2.05) is 6.07 Å². The van der Waals surface area contributed by atoms with Crippen molar-refractivity contribution in [2.24, 2.45) is 0 Å². The summed E-state index contributed by atoms with van der Waals surface area (Å²) < 4.78 is 0. The maximum atomic E-state index is 10.2. The molecule has 0 aromatic carbocycles. The lowest BCUT2D eigenvalue weighted by Crippen LogP contribution is -2.20. The van der Waals surface area contributed by atoms with Crippen molar-refractivity contribution in [1.29, 1.82) is 0 Å². The van der Waals surface area contributed by atoms with E-state index in [0.717, 1.165) is 11.4 Å². The SMILES string of the molecule is CC(C)(C)c1cc(CNC(=O)O)[nH]n1. The van der Waals surface area contributed by atoms with Crippen LogP contribution in [0.25, 0.3) is 0 Å². The van der Waals surface area contributed by atoms with Gasteiger partial charge in [0.15, 0.2) is 0 Å². The van der Waals surface area contributed by atoms with Crippen molar-refractivity contribution in [3.8, 4) is 0 Å². The van der Waals surface area contributed by atoms with Gasteiger partial charge in [0, 0.05) is 5.41 Å². The first-order valence-electron chi connectivity index (χ1n) is 4.41. The number of hydrogen-bond donors (Lipinski definition) is 3. The number of hydrogen-bond acceptors (Lipinski definition) is 2. The molecule has 0 radical (unpaired) electrons. The molecule has 1 aromatic heterocycles. The predicted molar refractivity (Wildman–Crippen MR) is 52.2 cm³/mol. The summed E-state index contributed by atoms with van der Waals surface area (Å²) in [5.41, 5.74) is 1.69. The standard InChI is InChI=1S/C9H15N3O2/c1-9(2,3)7-4-6(11-12-7)5-10-8(13)14/h4,10H,5H2,1-3H3,(H,11,12)(H,13,14). The van der Waals surface area contributed by atoms with Crippen molar-refractivity contribution in [2.75, 3.05) is 0 Å². The van der Waals surface area contributed by atoms with E-state index in [4.69, 9.17) is 5.11 Å². The minimum Gasteiger partial charge on any atom is -0.465 e. The van der Waals surface area contributed by atoms with Crippen molar-refractivity contribution >= 4 is 6.09 Å². The van der Waals surface area contributed by atoms with Gasteiger partial charge in [-0.15, -0.1) is 0 Å². The molecule has 0 unspecified atom stereocenters. The minimum atomic E-state index is -1.03. The summed E-state index contributed by atoms with van der Waals surface area (Å²) in [6.07, 6.45) is -1.03. The Hall–Kier alpha value is -1.52. The average Bonchev–Trinajstić information content (AvgIpc) is 2.47. The second kappa shape index (κ2) is 3.69. The Kier molecular flexibility index (Phi) is 2.78. The number of rotatable bonds is 2. The van der Waals surface area contributed by atoms with E-state index >= 15 is 0 Å². The van der Waals surface area contributed by atoms with E-state index in [9.17, 15) is 4.79 Å². The van der Waals surface area contributed by atoms with Gasteiger partial charge >= 0.3 is 6.09 Å². The Balaban J connectivity index is 2.64. The molecule has 0 fully saturated rings. The predicted octanol–water partition coefficient (Wildman–Crippen LogP) is 1.47. The molecular weight excluding hydrogens is 182 g/mol. The van der Waals surface area contributed by atoms with Crippen LogP contribution in [0.3, 0.4) is 0 Å². The summed E-state index contributed by atoms with van der Waals surface area (Å²) in [4.78, 5) is 10.2. The molecule has 14 heavy (non-hydrogen) atoms. The number of nitrogens with zero attached hydrogens (tertiary/aromatic N) is 1. The zero-order valence-corrected chi connectivity index (χ0v) is 8.59. The summed E-state index contributed by atoms with van der Waals surface area (Å²) in [6.45, 7) is 6.42. The highest BCUT2D eigenvalue weighted by atomic mass is 16.4. The Labute approximate surface area is 82.5 Å². The van der Waals surface area contributed by atoms with E-state index in [2.05, 4.69) is 36.3 Å². The second-order valence-electron chi connectivity index (χ2n) is 4.19. The topological polar surface area (TPSA) is 78.0 Å². The molecule has 1 aromatic rings. The molecule has 1 heterocycles. The fourth-order valence-corrected chi connectivity index (χ4v) is 1.01. The highest BCUT2D eigenvalue weighted by Gasteiger charge is 2.17. The van der Waals surface area contributed by atoms with Crippen molar-refractivity contribution in [1.82, 2.24) is 15.5 Å². The molecule has 0 saturated carbocycles. The summed E-state index contributed by atoms with van der Waals surface area (Å²) in [7, 11) is 0. The van der Waals surface area contributed by atoms with E-state index in [1.165, 1.54) is 0 Å². The van der Waals surface area contributed by atoms with E-state index < -0.39 is 6.09 Å². The molecule has 3 N–H and O–H groups in total. The number of nitrogens with one attached hydrogen (secondary N) is 2. The molecule has 5 nitrogen and oxygen atoms in total. The third kappa shape index (κ3) is 2.76. The van der Waals surface area contributed by atoms with Crippen LogP contribution in [0.1, 0.15) is 32.2 Å². The van der Waals surface area contributed by atoms with E-state index in [-0.39, 0.29) is 12.0 Å². The number of amides is 1. The van der Waals surface area contributed by atoms with E-state index in [1.54, 1.807) is 0 Å². The van der Waals surface area contributed by atoms with Crippen LogP contribution in [0.2, 0.25) is 0 Å². The fraction of sp³-hybridized carbons (Fsp3) is 0.556. The van der Waals surface area contributed by atoms with Crippen LogP contribution >= 0.6 is 0 Å². The van der Waals surface area contributed by atoms with Crippen LogP contribution in [0.15, 0.2) is 6.07 Å². The van der Waals surface area contributed by atoms with Gasteiger partial charge < -0.3 is 10.4 Å². The number of carboxylic acid groups (broad SMARTS) is 1. The lowest BCUT2D eigenvalue weighted by atomic mass is 9.92. The number of aromatic amines is 1. The molecule has 0 aliphatic heterocycles. The smallest absolute Gasteiger partial charge is 0.404 e. The van der Waals surface area contributed by atoms with Crippen LogP contribution in [-0.4, -0.2) is 21.4 Å². The van der Waals surface area contributed by atoms with Gasteiger partial charge in [0.05, 0.1) is 17.9 Å². The first-order valence-corrected chi connectivity index (χ1v) is 4.41. The first kappa shape index (κ1) is 10.6. The van der Waals surface area contributed by atoms with Crippen molar-refractivity contribution < 1.29 is 9.90 Å². The monoisotopic (exact) mass is 197 g/mol. The van der Waals surface area contributed by atoms with Gasteiger partial charge in [-0.2, -0.15) is 5.10 Å². The largest absolute Gasteiger partial charge is 0.465 e. The van der Waals surface area contributed by atoms with Gasteiger partial charge in [0.1, 0.15) is 0 Å². The van der Waals surface area contributed by atoms with Crippen LogP contribution in [0.5, 0.6) is 0 Å². The molecular formula is C9H15N3O2. The average molecular weight is 197 g/mol. The van der Waals surface area contributed by atoms with Crippen LogP contribution in [-0.2, 0) is 12.0 Å². The zero-order valence-electron chi connectivity index (χ0n) is 8.59. The number of aromatic nitrogens is 2. The number of carbonyl (C=O) groups is 1. The normalized spacial score (nSPS) is 11.4. The molecule has 0 spiro atoms. The van der Waals surface area contributed by atoms with Crippen LogP contribution in [0, 0.1) is 0 Å². The van der Waals surface area contributed by atoms with Gasteiger partial charge in [-0.3, -0.25) is 5.10 Å². The molecule has 0 bridgehead atoms. The Morgan fingerprint density at radius 3 is 2.71 bits per heavy atom. The fourth-order valence-electron chi connectivity index (χ4n) is 1.01. The Morgan fingerprint density at radius 2 is 2.29 bits per heavy atom. The summed E-state index contributed by atoms with van der Waals surface area (Å²) >= 11 is 0. The maximum Gasteiger partial charge on any atom is 0.404 e. The summed E-state index contributed by atoms with van der Waals surface area (Å²) in [6, 6.07) is 1.87. The maximum absolute atomic E-state index is 10.2. The quantitative estimate of drug-likeness (QED) is 0.671. The lowest BCUT2D eigenvalue weighted by Gasteiger charge is -2.13. The second-order valence-corrected chi connectivity index (χ2v) is 4.19. The van der Waals surface area contributed by atoms with Gasteiger partial charge in [-0.25, -0.2) is 4.79 Å². The van der Waals surface area contributed by atoms with Gasteiger partial charge in [0.2, 0.25) is 0 Å². The van der Waals surface area contributed by atoms with Crippen LogP contribution in [0.4, 0.5) is 4.79 Å². The molecule has 0 aliphatic rings. The zero-order chi connectivity index (χ0) is 10.8. The Morgan fingerprint density at radius 1 is 1.64 bits per heavy atom. The molecule has 1 rings (SSSR count). The van der Waals surface area contributed by atoms with Gasteiger partial charge in [-0.05, 0) is 6.07 Å². The van der Waals surface area contributed by atoms with E-state index in [0.29, 0.717) is 0 Å². The van der Waals surface area contributed by atoms with Gasteiger partial charge in [0.25, 0.3) is 0 Å². The number of H-pyrrole nitrogens is 1. The summed E-state index contributed by atoms with van der Waals surface area (Å²) in [5.74, 6) is 0. The lowest BCUT2D eigenvalue weighted by molar-refractivity contribution is 0.194. The highest BCUT2D eigenvalue weighted by Crippen LogP contribution is 2.19. The van der Waals surface area contributed by atoms with Crippen molar-refractivity contribution in [3.05, 3.63) is 17.5 Å². The summed E-state index contributed by atoms with van der Waals surface area (Å²) in [5, 5.41) is 17.6. The minimum absolute atomic E-state index is 0.0159. The van der Waals surface area contributed by atoms with Crippen molar-refractivity contribution in [3.63, 3.8) is 0 Å². The van der Waals surface area contributed by atoms with Crippen LogP contribution < -0.4 is 5.32 Å². The van der Waals surface area contributed by atoms with Crippen molar-refractivity contribution in [2.45, 2.75) is 32.7 Å². The molecule has 0 saturated heterocycles. The Bertz CT molecular complexity index is 325. The first-order chi connectivity index (χ1) is 6.39.